The molecular weight excluding hydrogens is 452 g/mol. The van der Waals surface area contributed by atoms with Crippen molar-refractivity contribution in [3.63, 3.8) is 0 Å². The van der Waals surface area contributed by atoms with Gasteiger partial charge in [-0.25, -0.2) is 10.1 Å². The molecule has 0 aliphatic carbocycles. The van der Waals surface area contributed by atoms with Crippen LogP contribution in [0.15, 0.2) is 96.1 Å². The highest BCUT2D eigenvalue weighted by Crippen LogP contribution is 2.32. The van der Waals surface area contributed by atoms with Gasteiger partial charge >= 0.3 is 0 Å². The minimum atomic E-state index is -0.403. The molecule has 0 atom stereocenters. The van der Waals surface area contributed by atoms with Crippen LogP contribution in [0, 0.1) is 6.92 Å². The number of ether oxygens (including phenoxy) is 2. The molecule has 176 valence electrons. The number of amides is 1. The number of hydrogen-bond acceptors (Lipinski definition) is 5. The van der Waals surface area contributed by atoms with Crippen LogP contribution >= 0.6 is 0 Å². The second-order valence-corrected chi connectivity index (χ2v) is 8.50. The first kappa shape index (κ1) is 21.6. The Hall–Kier alpha value is -4.91. The zero-order chi connectivity index (χ0) is 24.5. The molecule has 1 aliphatic rings. The first-order chi connectivity index (χ1) is 17.7. The van der Waals surface area contributed by atoms with Crippen molar-refractivity contribution in [2.45, 2.75) is 6.92 Å². The summed E-state index contributed by atoms with van der Waals surface area (Å²) in [6.07, 6.45) is 1.56. The molecule has 7 nitrogen and oxygen atoms in total. The first-order valence-electron chi connectivity index (χ1n) is 11.5. The van der Waals surface area contributed by atoms with E-state index in [0.29, 0.717) is 11.5 Å². The molecule has 1 amide bonds. The van der Waals surface area contributed by atoms with Gasteiger partial charge in [-0.3, -0.25) is 4.79 Å². The molecule has 0 spiro atoms. The van der Waals surface area contributed by atoms with Crippen LogP contribution < -0.4 is 14.9 Å². The Kier molecular flexibility index (Phi) is 5.42. The molecule has 2 heterocycles. The van der Waals surface area contributed by atoms with E-state index in [1.54, 1.807) is 12.3 Å². The Morgan fingerprint density at radius 2 is 1.78 bits per heavy atom. The fourth-order valence-electron chi connectivity index (χ4n) is 4.31. The van der Waals surface area contributed by atoms with Crippen molar-refractivity contribution in [1.29, 1.82) is 0 Å². The van der Waals surface area contributed by atoms with Crippen molar-refractivity contribution in [3.8, 4) is 28.4 Å². The van der Waals surface area contributed by atoms with Crippen molar-refractivity contribution in [3.05, 3.63) is 108 Å². The first-order valence-corrected chi connectivity index (χ1v) is 11.5. The Morgan fingerprint density at radius 1 is 0.944 bits per heavy atom. The summed E-state index contributed by atoms with van der Waals surface area (Å²) in [6, 6.07) is 29.6. The van der Waals surface area contributed by atoms with Crippen LogP contribution in [0.1, 0.15) is 21.6 Å². The van der Waals surface area contributed by atoms with Gasteiger partial charge in [-0.1, -0.05) is 54.6 Å². The molecule has 0 saturated carbocycles. The summed E-state index contributed by atoms with van der Waals surface area (Å²) >= 11 is 0. The predicted molar refractivity (Wildman–Crippen MR) is 139 cm³/mol. The summed E-state index contributed by atoms with van der Waals surface area (Å²) in [5.41, 5.74) is 7.43. The summed E-state index contributed by atoms with van der Waals surface area (Å²) in [4.78, 5) is 13.0. The Bertz CT molecular complexity index is 1630. The van der Waals surface area contributed by atoms with Crippen LogP contribution in [0.3, 0.4) is 0 Å². The van der Waals surface area contributed by atoms with Crippen LogP contribution in [0.25, 0.3) is 27.7 Å². The molecule has 0 bridgehead atoms. The number of carbonyl (C=O) groups excluding carboxylic acids is 1. The van der Waals surface area contributed by atoms with Gasteiger partial charge in [0.15, 0.2) is 17.2 Å². The quantitative estimate of drug-likeness (QED) is 0.270. The zero-order valence-electron chi connectivity index (χ0n) is 19.5. The Balaban J connectivity index is 1.35. The van der Waals surface area contributed by atoms with Gasteiger partial charge in [0.1, 0.15) is 0 Å². The second-order valence-electron chi connectivity index (χ2n) is 8.50. The summed E-state index contributed by atoms with van der Waals surface area (Å²) in [5.74, 6) is 0.945. The third-order valence-corrected chi connectivity index (χ3v) is 6.03. The summed E-state index contributed by atoms with van der Waals surface area (Å²) < 4.78 is 12.5. The Morgan fingerprint density at radius 3 is 2.69 bits per heavy atom. The average molecular weight is 475 g/mol. The van der Waals surface area contributed by atoms with Crippen molar-refractivity contribution < 1.29 is 14.3 Å². The SMILES string of the molecule is Cc1cccc(-n2nc(C(=O)N/N=C\c3ccc4c(c3)OCO4)cc2-c2cccc3ccccc23)c1. The number of nitrogens with one attached hydrogen (secondary N) is 1. The van der Waals surface area contributed by atoms with E-state index < -0.39 is 5.91 Å². The third-order valence-electron chi connectivity index (χ3n) is 6.03. The van der Waals surface area contributed by atoms with E-state index in [1.165, 1.54) is 0 Å². The summed E-state index contributed by atoms with van der Waals surface area (Å²) in [6.45, 7) is 2.23. The lowest BCUT2D eigenvalue weighted by atomic mass is 10.0. The Labute approximate surface area is 207 Å². The van der Waals surface area contributed by atoms with E-state index in [-0.39, 0.29) is 12.5 Å². The highest BCUT2D eigenvalue weighted by atomic mass is 16.7. The lowest BCUT2D eigenvalue weighted by molar-refractivity contribution is 0.0949. The van der Waals surface area contributed by atoms with Gasteiger partial charge in [-0.2, -0.15) is 10.2 Å². The smallest absolute Gasteiger partial charge is 0.291 e. The van der Waals surface area contributed by atoms with E-state index in [9.17, 15) is 4.79 Å². The molecule has 6 rings (SSSR count). The van der Waals surface area contributed by atoms with E-state index >= 15 is 0 Å². The van der Waals surface area contributed by atoms with E-state index in [2.05, 4.69) is 33.8 Å². The number of fused-ring (bicyclic) bond motifs is 2. The molecular formula is C29H22N4O3. The number of aryl methyl sites for hydroxylation is 1. The van der Waals surface area contributed by atoms with E-state index in [0.717, 1.165) is 38.8 Å². The number of benzene rings is 4. The van der Waals surface area contributed by atoms with Gasteiger partial charge in [0.2, 0.25) is 6.79 Å². The van der Waals surface area contributed by atoms with Gasteiger partial charge in [0, 0.05) is 5.56 Å². The van der Waals surface area contributed by atoms with Crippen LogP contribution in [0.4, 0.5) is 0 Å². The number of nitrogens with zero attached hydrogens (tertiary/aromatic N) is 3. The predicted octanol–water partition coefficient (Wildman–Crippen LogP) is 5.49. The maximum absolute atomic E-state index is 13.0. The molecule has 1 aromatic heterocycles. The van der Waals surface area contributed by atoms with Crippen molar-refractivity contribution >= 4 is 22.9 Å². The molecule has 7 heteroatoms. The van der Waals surface area contributed by atoms with Crippen molar-refractivity contribution in [2.75, 3.05) is 6.79 Å². The van der Waals surface area contributed by atoms with Gasteiger partial charge in [0.05, 0.1) is 17.6 Å². The maximum Gasteiger partial charge on any atom is 0.291 e. The van der Waals surface area contributed by atoms with Crippen LogP contribution in [0.5, 0.6) is 11.5 Å². The van der Waals surface area contributed by atoms with Crippen LogP contribution in [0.2, 0.25) is 0 Å². The topological polar surface area (TPSA) is 77.7 Å². The molecule has 0 fully saturated rings. The van der Waals surface area contributed by atoms with E-state index in [1.807, 2.05) is 78.3 Å². The number of hydrazone groups is 1. The van der Waals surface area contributed by atoms with Gasteiger partial charge in [0.25, 0.3) is 5.91 Å². The van der Waals surface area contributed by atoms with Crippen LogP contribution in [-0.2, 0) is 0 Å². The highest BCUT2D eigenvalue weighted by molar-refractivity contribution is 5.99. The van der Waals surface area contributed by atoms with Crippen LogP contribution in [-0.4, -0.2) is 28.7 Å². The number of hydrogen-bond donors (Lipinski definition) is 1. The molecule has 1 aliphatic heterocycles. The van der Waals surface area contributed by atoms with E-state index in [4.69, 9.17) is 9.47 Å². The number of carbonyl (C=O) groups is 1. The second kappa shape index (κ2) is 9.03. The molecule has 0 saturated heterocycles. The normalized spacial score (nSPS) is 12.4. The minimum absolute atomic E-state index is 0.204. The van der Waals surface area contributed by atoms with Gasteiger partial charge in [-0.15, -0.1) is 0 Å². The molecule has 1 N–H and O–H groups in total. The lowest BCUT2D eigenvalue weighted by Crippen LogP contribution is -2.18. The fraction of sp³-hybridized carbons (Fsp3) is 0.0690. The number of aromatic nitrogens is 2. The zero-order valence-corrected chi connectivity index (χ0v) is 19.5. The standard InChI is InChI=1S/C29H22N4O3/c1-19-6-4-9-22(14-19)33-26(24-11-5-8-21-7-2-3-10-23(21)24)16-25(32-33)29(34)31-30-17-20-12-13-27-28(15-20)36-18-35-27/h2-17H,18H2,1H3,(H,31,34)/b30-17-. The largest absolute Gasteiger partial charge is 0.454 e. The molecule has 5 aromatic rings. The number of rotatable bonds is 5. The molecule has 0 unspecified atom stereocenters. The van der Waals surface area contributed by atoms with Gasteiger partial charge < -0.3 is 9.47 Å². The maximum atomic E-state index is 13.0. The summed E-state index contributed by atoms with van der Waals surface area (Å²) in [7, 11) is 0. The third kappa shape index (κ3) is 4.07. The molecule has 36 heavy (non-hydrogen) atoms. The molecule has 4 aromatic carbocycles. The fourth-order valence-corrected chi connectivity index (χ4v) is 4.31. The van der Waals surface area contributed by atoms with Crippen molar-refractivity contribution in [2.24, 2.45) is 5.10 Å². The van der Waals surface area contributed by atoms with Crippen molar-refractivity contribution in [1.82, 2.24) is 15.2 Å². The molecule has 0 radical (unpaired) electrons. The lowest BCUT2D eigenvalue weighted by Gasteiger charge is -2.10. The minimum Gasteiger partial charge on any atom is -0.454 e. The van der Waals surface area contributed by atoms with Gasteiger partial charge in [-0.05, 0) is 65.2 Å². The highest BCUT2D eigenvalue weighted by Gasteiger charge is 2.18. The average Bonchev–Trinajstić information content (AvgIpc) is 3.56. The summed E-state index contributed by atoms with van der Waals surface area (Å²) in [5, 5.41) is 11.0. The monoisotopic (exact) mass is 474 g/mol.